The van der Waals surface area contributed by atoms with E-state index in [0.717, 1.165) is 12.5 Å². The standard InChI is InChI=1S/C30H31N3O3/c34-28(31-19-30-15-13-20(17-30)14-16-30)21-9-11-22(12-10-21)32-33-29(35)36-18-27-25-7-3-1-5-23(25)24-6-2-4-8-26(24)27/h1-12,20,27,32H,13-19H2,(H,31,34)(H,33,35). The van der Waals surface area contributed by atoms with Crippen molar-refractivity contribution < 1.29 is 14.3 Å². The van der Waals surface area contributed by atoms with Crippen LogP contribution >= 0.6 is 0 Å². The number of hydrogen-bond acceptors (Lipinski definition) is 4. The first-order valence-corrected chi connectivity index (χ1v) is 12.9. The number of anilines is 1. The van der Waals surface area contributed by atoms with Gasteiger partial charge in [0, 0.05) is 18.0 Å². The van der Waals surface area contributed by atoms with Crippen molar-refractivity contribution in [3.63, 3.8) is 0 Å². The van der Waals surface area contributed by atoms with E-state index in [0.29, 0.717) is 16.7 Å². The summed E-state index contributed by atoms with van der Waals surface area (Å²) in [6.07, 6.45) is 5.81. The molecule has 6 nitrogen and oxygen atoms in total. The molecular weight excluding hydrogens is 450 g/mol. The van der Waals surface area contributed by atoms with Crippen LogP contribution in [0.15, 0.2) is 72.8 Å². The Morgan fingerprint density at radius 2 is 1.50 bits per heavy atom. The van der Waals surface area contributed by atoms with Gasteiger partial charge in [-0.3, -0.25) is 10.2 Å². The number of nitrogens with one attached hydrogen (secondary N) is 3. The quantitative estimate of drug-likeness (QED) is 0.369. The van der Waals surface area contributed by atoms with Crippen LogP contribution in [0.25, 0.3) is 11.1 Å². The van der Waals surface area contributed by atoms with E-state index in [1.165, 1.54) is 54.4 Å². The van der Waals surface area contributed by atoms with Gasteiger partial charge >= 0.3 is 6.09 Å². The maximum absolute atomic E-state index is 12.6. The van der Waals surface area contributed by atoms with E-state index in [2.05, 4.69) is 40.4 Å². The lowest BCUT2D eigenvalue weighted by Crippen LogP contribution is -2.35. The number of carbonyl (C=O) groups is 2. The highest BCUT2D eigenvalue weighted by Gasteiger charge is 2.44. The molecule has 0 unspecified atom stereocenters. The minimum absolute atomic E-state index is 0.0137. The van der Waals surface area contributed by atoms with Crippen molar-refractivity contribution in [1.82, 2.24) is 10.7 Å². The third-order valence-electron chi connectivity index (χ3n) is 8.31. The summed E-state index contributed by atoms with van der Waals surface area (Å²) < 4.78 is 5.55. The molecule has 0 spiro atoms. The molecule has 0 saturated heterocycles. The van der Waals surface area contributed by atoms with Gasteiger partial charge in [-0.05, 0) is 90.0 Å². The molecule has 2 amide bonds. The van der Waals surface area contributed by atoms with Crippen LogP contribution < -0.4 is 16.2 Å². The molecule has 184 valence electrons. The smallest absolute Gasteiger partial charge is 0.425 e. The van der Waals surface area contributed by atoms with E-state index >= 15 is 0 Å². The Labute approximate surface area is 211 Å². The highest BCUT2D eigenvalue weighted by molar-refractivity contribution is 5.94. The number of carbonyl (C=O) groups excluding carboxylic acids is 2. The van der Waals surface area contributed by atoms with Crippen molar-refractivity contribution >= 4 is 17.7 Å². The van der Waals surface area contributed by atoms with E-state index in [1.807, 2.05) is 24.3 Å². The lowest BCUT2D eigenvalue weighted by Gasteiger charge is -2.26. The molecule has 2 bridgehead atoms. The van der Waals surface area contributed by atoms with Crippen LogP contribution in [0.1, 0.15) is 59.5 Å². The highest BCUT2D eigenvalue weighted by atomic mass is 16.6. The summed E-state index contributed by atoms with van der Waals surface area (Å²) in [5.41, 5.74) is 11.8. The van der Waals surface area contributed by atoms with Crippen LogP contribution in [0.2, 0.25) is 0 Å². The molecule has 2 saturated carbocycles. The molecule has 0 heterocycles. The van der Waals surface area contributed by atoms with Crippen LogP contribution in [-0.2, 0) is 4.74 Å². The Morgan fingerprint density at radius 1 is 0.861 bits per heavy atom. The normalized spacial score (nSPS) is 21.5. The zero-order chi connectivity index (χ0) is 24.5. The molecule has 0 atom stereocenters. The molecule has 3 aliphatic carbocycles. The van der Waals surface area contributed by atoms with Crippen LogP contribution in [0, 0.1) is 11.3 Å². The van der Waals surface area contributed by atoms with Crippen LogP contribution in [0.5, 0.6) is 0 Å². The van der Waals surface area contributed by atoms with E-state index in [-0.39, 0.29) is 18.4 Å². The fourth-order valence-electron chi connectivity index (χ4n) is 6.39. The summed E-state index contributed by atoms with van der Waals surface area (Å²) in [4.78, 5) is 25.0. The van der Waals surface area contributed by atoms with E-state index in [1.54, 1.807) is 24.3 Å². The Hall–Kier alpha value is -3.80. The number of benzene rings is 3. The average molecular weight is 482 g/mol. The summed E-state index contributed by atoms with van der Waals surface area (Å²) >= 11 is 0. The summed E-state index contributed by atoms with van der Waals surface area (Å²) in [6, 6.07) is 23.6. The van der Waals surface area contributed by atoms with Gasteiger partial charge in [0.15, 0.2) is 0 Å². The zero-order valence-corrected chi connectivity index (χ0v) is 20.3. The van der Waals surface area contributed by atoms with Crippen molar-refractivity contribution in [2.45, 2.75) is 38.0 Å². The van der Waals surface area contributed by atoms with Gasteiger partial charge in [-0.2, -0.15) is 0 Å². The van der Waals surface area contributed by atoms with E-state index in [4.69, 9.17) is 4.74 Å². The molecule has 0 radical (unpaired) electrons. The number of rotatable bonds is 7. The number of hydrogen-bond donors (Lipinski definition) is 3. The van der Waals surface area contributed by atoms with Gasteiger partial charge in [0.2, 0.25) is 0 Å². The molecule has 6 rings (SSSR count). The zero-order valence-electron chi connectivity index (χ0n) is 20.3. The predicted molar refractivity (Wildman–Crippen MR) is 140 cm³/mol. The molecule has 36 heavy (non-hydrogen) atoms. The molecule has 3 aromatic rings. The fourth-order valence-corrected chi connectivity index (χ4v) is 6.39. The maximum atomic E-state index is 12.6. The Morgan fingerprint density at radius 3 is 2.11 bits per heavy atom. The minimum atomic E-state index is -0.552. The monoisotopic (exact) mass is 481 g/mol. The summed E-state index contributed by atoms with van der Waals surface area (Å²) in [5.74, 6) is 0.840. The second kappa shape index (κ2) is 9.34. The Kier molecular flexibility index (Phi) is 5.88. The SMILES string of the molecule is O=C(NNc1ccc(C(=O)NCC23CCC(CC2)C3)cc1)OCC1c2ccccc2-c2ccccc21. The Balaban J connectivity index is 0.993. The third-order valence-corrected chi connectivity index (χ3v) is 8.31. The summed E-state index contributed by atoms with van der Waals surface area (Å²) in [6.45, 7) is 1.02. The molecule has 2 fully saturated rings. The number of amides is 2. The van der Waals surface area contributed by atoms with Gasteiger partial charge < -0.3 is 10.1 Å². The van der Waals surface area contributed by atoms with Crippen molar-refractivity contribution in [3.8, 4) is 11.1 Å². The van der Waals surface area contributed by atoms with Gasteiger partial charge in [-0.15, -0.1) is 0 Å². The second-order valence-corrected chi connectivity index (χ2v) is 10.5. The lowest BCUT2D eigenvalue weighted by atomic mass is 9.84. The van der Waals surface area contributed by atoms with Crippen LogP contribution in [-0.4, -0.2) is 25.2 Å². The summed E-state index contributed by atoms with van der Waals surface area (Å²) in [5, 5.41) is 3.14. The third kappa shape index (κ3) is 4.32. The predicted octanol–water partition coefficient (Wildman–Crippen LogP) is 5.86. The molecule has 0 aliphatic heterocycles. The van der Waals surface area contributed by atoms with Gasteiger partial charge in [0.1, 0.15) is 6.61 Å². The van der Waals surface area contributed by atoms with E-state index < -0.39 is 6.09 Å². The number of fused-ring (bicyclic) bond motifs is 5. The lowest BCUT2D eigenvalue weighted by molar-refractivity contribution is 0.0930. The summed E-state index contributed by atoms with van der Waals surface area (Å²) in [7, 11) is 0. The van der Waals surface area contributed by atoms with Gasteiger partial charge in [0.25, 0.3) is 5.91 Å². The minimum Gasteiger partial charge on any atom is -0.447 e. The fraction of sp³-hybridized carbons (Fsp3) is 0.333. The first-order chi connectivity index (χ1) is 17.6. The maximum Gasteiger partial charge on any atom is 0.425 e. The molecule has 0 aromatic heterocycles. The molecule has 3 aliphatic rings. The number of ether oxygens (including phenoxy) is 1. The van der Waals surface area contributed by atoms with Crippen LogP contribution in [0.4, 0.5) is 10.5 Å². The topological polar surface area (TPSA) is 79.5 Å². The van der Waals surface area contributed by atoms with Crippen molar-refractivity contribution in [1.29, 1.82) is 0 Å². The molecule has 3 aromatic carbocycles. The molecular formula is C30H31N3O3. The van der Waals surface area contributed by atoms with Crippen molar-refractivity contribution in [3.05, 3.63) is 89.5 Å². The van der Waals surface area contributed by atoms with Gasteiger partial charge in [-0.25, -0.2) is 10.2 Å². The second-order valence-electron chi connectivity index (χ2n) is 10.5. The first kappa shape index (κ1) is 22.7. The average Bonchev–Trinajstić information content (AvgIpc) is 3.62. The van der Waals surface area contributed by atoms with Crippen molar-refractivity contribution in [2.75, 3.05) is 18.6 Å². The first-order valence-electron chi connectivity index (χ1n) is 12.9. The largest absolute Gasteiger partial charge is 0.447 e. The van der Waals surface area contributed by atoms with Gasteiger partial charge in [-0.1, -0.05) is 48.5 Å². The Bertz CT molecular complexity index is 1230. The van der Waals surface area contributed by atoms with Crippen LogP contribution in [0.3, 0.4) is 0 Å². The molecule has 6 heteroatoms. The van der Waals surface area contributed by atoms with Gasteiger partial charge in [0.05, 0.1) is 5.69 Å². The van der Waals surface area contributed by atoms with Crippen molar-refractivity contribution in [2.24, 2.45) is 11.3 Å². The molecule has 3 N–H and O–H groups in total. The number of hydrazine groups is 1. The van der Waals surface area contributed by atoms with E-state index in [9.17, 15) is 9.59 Å². The highest BCUT2D eigenvalue weighted by Crippen LogP contribution is 2.53.